The van der Waals surface area contributed by atoms with Crippen LogP contribution in [0.2, 0.25) is 0 Å². The zero-order valence-electron chi connectivity index (χ0n) is 16.2. The molecule has 0 aliphatic carbocycles. The van der Waals surface area contributed by atoms with Gasteiger partial charge in [0, 0.05) is 19.6 Å². The summed E-state index contributed by atoms with van der Waals surface area (Å²) in [5, 5.41) is 6.99. The van der Waals surface area contributed by atoms with Crippen LogP contribution in [0.3, 0.4) is 0 Å². The summed E-state index contributed by atoms with van der Waals surface area (Å²) in [6.07, 6.45) is 0.697. The molecule has 0 saturated heterocycles. The lowest BCUT2D eigenvalue weighted by Crippen LogP contribution is -2.32. The Bertz CT molecular complexity index is 1000. The minimum atomic E-state index is -0.320. The quantitative estimate of drug-likeness (QED) is 0.546. The number of nitrogens with zero attached hydrogens (tertiary/aromatic N) is 3. The van der Waals surface area contributed by atoms with Crippen LogP contribution in [0.5, 0.6) is 0 Å². The van der Waals surface area contributed by atoms with E-state index >= 15 is 0 Å². The summed E-state index contributed by atoms with van der Waals surface area (Å²) in [7, 11) is 0. The Balaban J connectivity index is 1.60. The molecule has 3 aromatic rings. The molecule has 0 saturated carbocycles. The Kier molecular flexibility index (Phi) is 7.24. The fourth-order valence-electron chi connectivity index (χ4n) is 2.95. The summed E-state index contributed by atoms with van der Waals surface area (Å²) in [4.78, 5) is 26.3. The molecular formula is C21H23FN4O2S. The molecule has 8 heteroatoms. The maximum absolute atomic E-state index is 13.4. The highest BCUT2D eigenvalue weighted by Crippen LogP contribution is 2.16. The fourth-order valence-corrected chi connectivity index (χ4v) is 3.82. The van der Waals surface area contributed by atoms with E-state index in [0.29, 0.717) is 31.2 Å². The number of aryl methyl sites for hydroxylation is 1. The second-order valence-electron chi connectivity index (χ2n) is 6.53. The van der Waals surface area contributed by atoms with Crippen LogP contribution < -0.4 is 5.69 Å². The first-order chi connectivity index (χ1) is 14.1. The maximum atomic E-state index is 13.4. The van der Waals surface area contributed by atoms with Gasteiger partial charge in [-0.15, -0.1) is 5.10 Å². The van der Waals surface area contributed by atoms with E-state index in [1.807, 2.05) is 37.3 Å². The third-order valence-corrected chi connectivity index (χ3v) is 5.47. The van der Waals surface area contributed by atoms with Crippen LogP contribution in [0.1, 0.15) is 18.1 Å². The van der Waals surface area contributed by atoms with Gasteiger partial charge in [-0.05, 0) is 36.6 Å². The number of benzene rings is 2. The van der Waals surface area contributed by atoms with Crippen molar-refractivity contribution in [2.75, 3.05) is 12.3 Å². The summed E-state index contributed by atoms with van der Waals surface area (Å²) in [5.41, 5.74) is 1.58. The number of hydrogen-bond acceptors (Lipinski definition) is 4. The van der Waals surface area contributed by atoms with Crippen molar-refractivity contribution in [1.82, 2.24) is 19.7 Å². The average Bonchev–Trinajstić information content (AvgIpc) is 3.09. The molecule has 0 unspecified atom stereocenters. The predicted octanol–water partition coefficient (Wildman–Crippen LogP) is 3.09. The Morgan fingerprint density at radius 3 is 2.66 bits per heavy atom. The Morgan fingerprint density at radius 1 is 1.17 bits per heavy atom. The van der Waals surface area contributed by atoms with Gasteiger partial charge in [0.1, 0.15) is 5.82 Å². The lowest BCUT2D eigenvalue weighted by molar-refractivity contribution is -0.128. The molecule has 1 N–H and O–H groups in total. The second kappa shape index (κ2) is 10.1. The largest absolute Gasteiger partial charge is 0.343 e. The van der Waals surface area contributed by atoms with Crippen LogP contribution in [-0.2, 0) is 24.3 Å². The maximum Gasteiger partial charge on any atom is 0.343 e. The van der Waals surface area contributed by atoms with Gasteiger partial charge in [-0.25, -0.2) is 14.3 Å². The molecule has 0 radical (unpaired) electrons. The van der Waals surface area contributed by atoms with Crippen molar-refractivity contribution < 1.29 is 9.18 Å². The third kappa shape index (κ3) is 5.80. The predicted molar refractivity (Wildman–Crippen MR) is 111 cm³/mol. The van der Waals surface area contributed by atoms with Crippen LogP contribution in [0.4, 0.5) is 4.39 Å². The highest BCUT2D eigenvalue weighted by atomic mass is 32.2. The van der Waals surface area contributed by atoms with Gasteiger partial charge in [0.2, 0.25) is 5.91 Å². The van der Waals surface area contributed by atoms with E-state index in [0.717, 1.165) is 11.1 Å². The Morgan fingerprint density at radius 2 is 1.93 bits per heavy atom. The molecule has 1 heterocycles. The van der Waals surface area contributed by atoms with E-state index in [9.17, 15) is 14.0 Å². The van der Waals surface area contributed by atoms with E-state index in [1.54, 1.807) is 21.6 Å². The standard InChI is InChI=1S/C21H23FN4O2S/c1-2-25(14-17-9-6-10-18(22)13-17)19(27)15-29-21-24-23-20(28)26(21)12-11-16-7-4-3-5-8-16/h3-10,13H,2,11-12,14-15H2,1H3,(H,23,28). The van der Waals surface area contributed by atoms with Gasteiger partial charge >= 0.3 is 5.69 Å². The summed E-state index contributed by atoms with van der Waals surface area (Å²) < 4.78 is 14.9. The highest BCUT2D eigenvalue weighted by Gasteiger charge is 2.16. The van der Waals surface area contributed by atoms with Gasteiger partial charge in [0.05, 0.1) is 5.75 Å². The van der Waals surface area contributed by atoms with Crippen molar-refractivity contribution in [2.24, 2.45) is 0 Å². The SMILES string of the molecule is CCN(Cc1cccc(F)c1)C(=O)CSc1n[nH]c(=O)n1CCc1ccccc1. The zero-order valence-corrected chi connectivity index (χ0v) is 17.0. The number of thioether (sulfide) groups is 1. The van der Waals surface area contributed by atoms with Crippen LogP contribution >= 0.6 is 11.8 Å². The van der Waals surface area contributed by atoms with Crippen LogP contribution in [0.15, 0.2) is 64.5 Å². The molecule has 1 aromatic heterocycles. The number of aromatic amines is 1. The first-order valence-corrected chi connectivity index (χ1v) is 10.4. The molecule has 3 rings (SSSR count). The van der Waals surface area contributed by atoms with Crippen LogP contribution in [0, 0.1) is 5.82 Å². The van der Waals surface area contributed by atoms with E-state index in [4.69, 9.17) is 0 Å². The van der Waals surface area contributed by atoms with Crippen LogP contribution in [0.25, 0.3) is 0 Å². The third-order valence-electron chi connectivity index (χ3n) is 4.51. The van der Waals surface area contributed by atoms with Crippen molar-refractivity contribution in [3.63, 3.8) is 0 Å². The van der Waals surface area contributed by atoms with Gasteiger partial charge in [0.25, 0.3) is 0 Å². The number of nitrogens with one attached hydrogen (secondary N) is 1. The first-order valence-electron chi connectivity index (χ1n) is 9.41. The molecule has 1 amide bonds. The monoisotopic (exact) mass is 414 g/mol. The normalized spacial score (nSPS) is 10.8. The van der Waals surface area contributed by atoms with Gasteiger partial charge in [-0.2, -0.15) is 0 Å². The zero-order chi connectivity index (χ0) is 20.6. The number of carbonyl (C=O) groups is 1. The summed E-state index contributed by atoms with van der Waals surface area (Å²) in [5.74, 6) is -0.259. The molecule has 0 fully saturated rings. The lowest BCUT2D eigenvalue weighted by atomic mass is 10.1. The molecule has 0 bridgehead atoms. The van der Waals surface area contributed by atoms with Crippen LogP contribution in [-0.4, -0.2) is 37.9 Å². The summed E-state index contributed by atoms with van der Waals surface area (Å²) >= 11 is 1.22. The fraction of sp³-hybridized carbons (Fsp3) is 0.286. The molecule has 152 valence electrons. The summed E-state index contributed by atoms with van der Waals surface area (Å²) in [6, 6.07) is 16.1. The lowest BCUT2D eigenvalue weighted by Gasteiger charge is -2.20. The number of rotatable bonds is 9. The molecule has 6 nitrogen and oxygen atoms in total. The van der Waals surface area contributed by atoms with E-state index in [2.05, 4.69) is 10.2 Å². The van der Waals surface area contributed by atoms with Gasteiger partial charge in [-0.1, -0.05) is 54.2 Å². The Hall–Kier alpha value is -2.87. The molecule has 0 atom stereocenters. The average molecular weight is 415 g/mol. The topological polar surface area (TPSA) is 71.0 Å². The molecule has 2 aromatic carbocycles. The minimum absolute atomic E-state index is 0.0909. The van der Waals surface area contributed by atoms with E-state index < -0.39 is 0 Å². The summed E-state index contributed by atoms with van der Waals surface area (Å²) in [6.45, 7) is 3.22. The smallest absolute Gasteiger partial charge is 0.338 e. The van der Waals surface area contributed by atoms with Crippen molar-refractivity contribution in [3.05, 3.63) is 82.0 Å². The molecule has 0 aliphatic rings. The van der Waals surface area contributed by atoms with E-state index in [-0.39, 0.29) is 23.2 Å². The van der Waals surface area contributed by atoms with E-state index in [1.165, 1.54) is 23.9 Å². The number of carbonyl (C=O) groups excluding carboxylic acids is 1. The number of hydrogen-bond donors (Lipinski definition) is 1. The van der Waals surface area contributed by atoms with Crippen molar-refractivity contribution >= 4 is 17.7 Å². The van der Waals surface area contributed by atoms with Gasteiger partial charge in [0.15, 0.2) is 5.16 Å². The number of amides is 1. The minimum Gasteiger partial charge on any atom is -0.338 e. The van der Waals surface area contributed by atoms with Crippen molar-refractivity contribution in [2.45, 2.75) is 31.6 Å². The molecule has 29 heavy (non-hydrogen) atoms. The first kappa shape index (κ1) is 20.9. The molecular weight excluding hydrogens is 391 g/mol. The van der Waals surface area contributed by atoms with Gasteiger partial charge in [-0.3, -0.25) is 9.36 Å². The number of halogens is 1. The van der Waals surface area contributed by atoms with Crippen molar-refractivity contribution in [3.8, 4) is 0 Å². The van der Waals surface area contributed by atoms with Crippen molar-refractivity contribution in [1.29, 1.82) is 0 Å². The van der Waals surface area contributed by atoms with Gasteiger partial charge < -0.3 is 4.90 Å². The second-order valence-corrected chi connectivity index (χ2v) is 7.47. The highest BCUT2D eigenvalue weighted by molar-refractivity contribution is 7.99. The number of aromatic nitrogens is 3. The molecule has 0 spiro atoms. The molecule has 0 aliphatic heterocycles. The Labute approximate surface area is 172 Å². The number of H-pyrrole nitrogens is 1.